The van der Waals surface area contributed by atoms with E-state index in [1.165, 1.54) is 0 Å². The lowest BCUT2D eigenvalue weighted by Gasteiger charge is -2.22. The van der Waals surface area contributed by atoms with Crippen molar-refractivity contribution < 1.29 is 9.26 Å². The second-order valence-electron chi connectivity index (χ2n) is 5.30. The molecule has 0 amide bonds. The molecule has 1 aliphatic rings. The van der Waals surface area contributed by atoms with Crippen molar-refractivity contribution in [1.29, 1.82) is 0 Å². The maximum Gasteiger partial charge on any atom is 0.230 e. The fourth-order valence-electron chi connectivity index (χ4n) is 2.65. The van der Waals surface area contributed by atoms with Crippen LogP contribution < -0.4 is 10.5 Å². The van der Waals surface area contributed by atoms with Crippen LogP contribution in [0.15, 0.2) is 28.8 Å². The lowest BCUT2D eigenvalue weighted by atomic mass is 9.86. The summed E-state index contributed by atoms with van der Waals surface area (Å²) in [5.41, 5.74) is 6.83. The van der Waals surface area contributed by atoms with Crippen LogP contribution in [-0.2, 0) is 0 Å². The van der Waals surface area contributed by atoms with Gasteiger partial charge in [0.25, 0.3) is 0 Å². The van der Waals surface area contributed by atoms with Gasteiger partial charge in [0, 0.05) is 17.5 Å². The maximum atomic E-state index is 5.92. The predicted octanol–water partition coefficient (Wildman–Crippen LogP) is 2.73. The second kappa shape index (κ2) is 5.63. The van der Waals surface area contributed by atoms with Crippen LogP contribution in [-0.4, -0.2) is 23.3 Å². The van der Waals surface area contributed by atoms with E-state index in [1.54, 1.807) is 7.11 Å². The first-order chi connectivity index (χ1) is 9.76. The van der Waals surface area contributed by atoms with Gasteiger partial charge in [0.2, 0.25) is 11.7 Å². The third kappa shape index (κ3) is 2.67. The summed E-state index contributed by atoms with van der Waals surface area (Å²) in [6, 6.07) is 8.00. The molecule has 2 aromatic rings. The highest BCUT2D eigenvalue weighted by Crippen LogP contribution is 2.32. The highest BCUT2D eigenvalue weighted by atomic mass is 16.5. The Morgan fingerprint density at radius 1 is 1.25 bits per heavy atom. The number of ether oxygens (including phenoxy) is 1. The molecule has 3 rings (SSSR count). The van der Waals surface area contributed by atoms with Gasteiger partial charge in [-0.05, 0) is 37.8 Å². The topological polar surface area (TPSA) is 74.2 Å². The van der Waals surface area contributed by atoms with E-state index < -0.39 is 0 Å². The Bertz CT molecular complexity index is 574. The van der Waals surface area contributed by atoms with Gasteiger partial charge in [-0.3, -0.25) is 0 Å². The van der Waals surface area contributed by atoms with E-state index in [0.29, 0.717) is 17.8 Å². The zero-order chi connectivity index (χ0) is 13.9. The molecular weight excluding hydrogens is 254 g/mol. The van der Waals surface area contributed by atoms with Crippen molar-refractivity contribution in [2.45, 2.75) is 37.6 Å². The first-order valence-electron chi connectivity index (χ1n) is 7.00. The highest BCUT2D eigenvalue weighted by Gasteiger charge is 2.25. The van der Waals surface area contributed by atoms with Gasteiger partial charge in [0.15, 0.2) is 0 Å². The van der Waals surface area contributed by atoms with E-state index in [1.807, 2.05) is 24.3 Å². The third-order valence-corrected chi connectivity index (χ3v) is 3.89. The Morgan fingerprint density at radius 3 is 2.80 bits per heavy atom. The number of nitrogens with zero attached hydrogens (tertiary/aromatic N) is 2. The van der Waals surface area contributed by atoms with Crippen molar-refractivity contribution in [1.82, 2.24) is 10.1 Å². The van der Waals surface area contributed by atoms with Gasteiger partial charge < -0.3 is 15.0 Å². The monoisotopic (exact) mass is 273 g/mol. The molecule has 20 heavy (non-hydrogen) atoms. The summed E-state index contributed by atoms with van der Waals surface area (Å²) >= 11 is 0. The molecule has 1 saturated carbocycles. The van der Waals surface area contributed by atoms with Crippen molar-refractivity contribution in [3.05, 3.63) is 30.2 Å². The number of aromatic nitrogens is 2. The molecule has 106 valence electrons. The van der Waals surface area contributed by atoms with Crippen molar-refractivity contribution in [3.8, 4) is 17.1 Å². The fourth-order valence-corrected chi connectivity index (χ4v) is 2.65. The zero-order valence-corrected chi connectivity index (χ0v) is 11.6. The molecule has 0 unspecified atom stereocenters. The lowest BCUT2D eigenvalue weighted by Crippen LogP contribution is -2.25. The number of benzene rings is 1. The van der Waals surface area contributed by atoms with E-state index in [-0.39, 0.29) is 0 Å². The van der Waals surface area contributed by atoms with Gasteiger partial charge in [-0.25, -0.2) is 0 Å². The maximum absolute atomic E-state index is 5.92. The number of hydrogen-bond donors (Lipinski definition) is 1. The van der Waals surface area contributed by atoms with E-state index in [4.69, 9.17) is 15.0 Å². The van der Waals surface area contributed by atoms with Gasteiger partial charge in [-0.2, -0.15) is 4.98 Å². The second-order valence-corrected chi connectivity index (χ2v) is 5.30. The largest absolute Gasteiger partial charge is 0.497 e. The summed E-state index contributed by atoms with van der Waals surface area (Å²) in [5.74, 6) is 2.49. The number of rotatable bonds is 3. The molecule has 0 radical (unpaired) electrons. The van der Waals surface area contributed by atoms with Gasteiger partial charge >= 0.3 is 0 Å². The van der Waals surface area contributed by atoms with Gasteiger partial charge in [0.05, 0.1) is 7.11 Å². The van der Waals surface area contributed by atoms with Crippen LogP contribution >= 0.6 is 0 Å². The van der Waals surface area contributed by atoms with E-state index in [9.17, 15) is 0 Å². The molecule has 0 spiro atoms. The highest BCUT2D eigenvalue weighted by molar-refractivity contribution is 5.56. The average Bonchev–Trinajstić information content (AvgIpc) is 2.98. The Hall–Kier alpha value is -1.88. The number of nitrogens with two attached hydrogens (primary N) is 1. The summed E-state index contributed by atoms with van der Waals surface area (Å²) in [5, 5.41) is 4.08. The van der Waals surface area contributed by atoms with Crippen LogP contribution in [0, 0.1) is 0 Å². The van der Waals surface area contributed by atoms with Crippen molar-refractivity contribution in [2.75, 3.05) is 7.11 Å². The molecule has 1 heterocycles. The van der Waals surface area contributed by atoms with Gasteiger partial charge in [-0.15, -0.1) is 0 Å². The average molecular weight is 273 g/mol. The Balaban J connectivity index is 1.79. The van der Waals surface area contributed by atoms with Crippen LogP contribution in [0.1, 0.15) is 37.5 Å². The smallest absolute Gasteiger partial charge is 0.230 e. The molecular formula is C15H19N3O2. The Morgan fingerprint density at radius 2 is 2.05 bits per heavy atom. The summed E-state index contributed by atoms with van der Waals surface area (Å²) in [7, 11) is 1.64. The minimum Gasteiger partial charge on any atom is -0.497 e. The van der Waals surface area contributed by atoms with Crippen LogP contribution in [0.5, 0.6) is 5.75 Å². The number of methoxy groups -OCH3 is 1. The van der Waals surface area contributed by atoms with Crippen LogP contribution in [0.25, 0.3) is 11.4 Å². The van der Waals surface area contributed by atoms with Crippen molar-refractivity contribution in [2.24, 2.45) is 5.73 Å². The first-order valence-corrected chi connectivity index (χ1v) is 7.00. The molecule has 5 nitrogen and oxygen atoms in total. The minimum absolute atomic E-state index is 0.326. The molecule has 0 bridgehead atoms. The first kappa shape index (κ1) is 13.1. The summed E-state index contributed by atoms with van der Waals surface area (Å²) in [6.07, 6.45) is 4.12. The molecule has 1 aromatic carbocycles. The summed E-state index contributed by atoms with van der Waals surface area (Å²) < 4.78 is 10.6. The minimum atomic E-state index is 0.326. The molecule has 2 N–H and O–H groups in total. The number of hydrogen-bond acceptors (Lipinski definition) is 5. The molecule has 1 fully saturated rings. The normalized spacial score (nSPS) is 22.7. The van der Waals surface area contributed by atoms with Crippen molar-refractivity contribution >= 4 is 0 Å². The van der Waals surface area contributed by atoms with E-state index in [0.717, 1.165) is 42.9 Å². The summed E-state index contributed by atoms with van der Waals surface area (Å²) in [6.45, 7) is 0. The Labute approximate surface area is 118 Å². The third-order valence-electron chi connectivity index (χ3n) is 3.89. The quantitative estimate of drug-likeness (QED) is 0.930. The van der Waals surface area contributed by atoms with Gasteiger partial charge in [-0.1, -0.05) is 17.3 Å². The Kier molecular flexibility index (Phi) is 3.69. The van der Waals surface area contributed by atoms with Gasteiger partial charge in [0.1, 0.15) is 5.75 Å². The van der Waals surface area contributed by atoms with Crippen molar-refractivity contribution in [3.63, 3.8) is 0 Å². The standard InChI is InChI=1S/C15H19N3O2/c1-19-13-4-2-3-11(9-13)14-17-15(20-18-14)10-5-7-12(16)8-6-10/h2-4,9-10,12H,5-8,16H2,1H3. The van der Waals surface area contributed by atoms with Crippen LogP contribution in [0.4, 0.5) is 0 Å². The van der Waals surface area contributed by atoms with Crippen LogP contribution in [0.3, 0.4) is 0 Å². The summed E-state index contributed by atoms with van der Waals surface area (Å²) in [4.78, 5) is 4.53. The fraction of sp³-hybridized carbons (Fsp3) is 0.467. The zero-order valence-electron chi connectivity index (χ0n) is 11.6. The molecule has 0 atom stereocenters. The molecule has 0 aliphatic heterocycles. The van der Waals surface area contributed by atoms with E-state index >= 15 is 0 Å². The lowest BCUT2D eigenvalue weighted by molar-refractivity contribution is 0.301. The molecule has 1 aliphatic carbocycles. The molecule has 1 aromatic heterocycles. The van der Waals surface area contributed by atoms with Crippen LogP contribution in [0.2, 0.25) is 0 Å². The predicted molar refractivity (Wildman–Crippen MR) is 75.5 cm³/mol. The SMILES string of the molecule is COc1cccc(-c2noc(C3CCC(N)CC3)n2)c1. The molecule has 0 saturated heterocycles. The molecule has 5 heteroatoms. The van der Waals surface area contributed by atoms with E-state index in [2.05, 4.69) is 10.1 Å².